The number of nitrogens with zero attached hydrogens (tertiary/aromatic N) is 2. The Kier molecular flexibility index (Phi) is 16.4. The highest BCUT2D eigenvalue weighted by Gasteiger charge is 2.15. The number of ether oxygens (including phenoxy) is 1. The molecule has 0 radical (unpaired) electrons. The van der Waals surface area contributed by atoms with E-state index in [-0.39, 0.29) is 5.97 Å². The van der Waals surface area contributed by atoms with E-state index in [9.17, 15) is 4.79 Å². The minimum atomic E-state index is -0.296. The largest absolute Gasteiger partial charge is 0.422 e. The lowest BCUT2D eigenvalue weighted by molar-refractivity contribution is 0.0740. The summed E-state index contributed by atoms with van der Waals surface area (Å²) in [7, 11) is 0. The fraction of sp³-hybridized carbons (Fsp3) is 0.629. The third kappa shape index (κ3) is 12.9. The first kappa shape index (κ1) is 33.0. The van der Waals surface area contributed by atoms with E-state index in [1.54, 1.807) is 11.3 Å². The molecule has 0 saturated heterocycles. The number of benzene rings is 1. The zero-order valence-corrected chi connectivity index (χ0v) is 26.5. The van der Waals surface area contributed by atoms with Crippen molar-refractivity contribution in [2.75, 3.05) is 0 Å². The van der Waals surface area contributed by atoms with Gasteiger partial charge in [-0.1, -0.05) is 117 Å². The Morgan fingerprint density at radius 3 is 1.80 bits per heavy atom. The van der Waals surface area contributed by atoms with Crippen molar-refractivity contribution in [3.8, 4) is 17.0 Å². The number of hydrogen-bond donors (Lipinski definition) is 0. The molecule has 0 aliphatic carbocycles. The van der Waals surface area contributed by atoms with Crippen LogP contribution in [0.25, 0.3) is 11.3 Å². The first-order chi connectivity index (χ1) is 20.2. The van der Waals surface area contributed by atoms with Crippen LogP contribution in [0.4, 0.5) is 0 Å². The van der Waals surface area contributed by atoms with Crippen LogP contribution in [0.1, 0.15) is 150 Å². The van der Waals surface area contributed by atoms with Gasteiger partial charge in [0.25, 0.3) is 0 Å². The third-order valence-electron chi connectivity index (χ3n) is 7.79. The van der Waals surface area contributed by atoms with Crippen molar-refractivity contribution >= 4 is 17.3 Å². The van der Waals surface area contributed by atoms with Crippen molar-refractivity contribution in [3.05, 3.63) is 51.9 Å². The number of rotatable bonds is 23. The van der Waals surface area contributed by atoms with E-state index in [2.05, 4.69) is 30.3 Å². The number of esters is 1. The van der Waals surface area contributed by atoms with Crippen molar-refractivity contribution in [3.63, 3.8) is 0 Å². The number of hydrogen-bond acceptors (Lipinski definition) is 6. The van der Waals surface area contributed by atoms with E-state index in [0.29, 0.717) is 10.6 Å². The molecule has 2 aromatic heterocycles. The average molecular weight is 581 g/mol. The minimum Gasteiger partial charge on any atom is -0.422 e. The molecular formula is C35H52N2O3S. The van der Waals surface area contributed by atoms with Gasteiger partial charge >= 0.3 is 5.97 Å². The van der Waals surface area contributed by atoms with Gasteiger partial charge in [-0.3, -0.25) is 0 Å². The molecule has 5 nitrogen and oxygen atoms in total. The molecule has 0 bridgehead atoms. The fourth-order valence-electron chi connectivity index (χ4n) is 5.26. The summed E-state index contributed by atoms with van der Waals surface area (Å²) in [6.45, 7) is 4.52. The molecule has 0 fully saturated rings. The Labute approximate surface area is 252 Å². The van der Waals surface area contributed by atoms with Crippen molar-refractivity contribution in [1.82, 2.24) is 10.4 Å². The van der Waals surface area contributed by atoms with Gasteiger partial charge in [-0.05, 0) is 55.7 Å². The number of thiophene rings is 1. The van der Waals surface area contributed by atoms with Crippen LogP contribution in [0.15, 0.2) is 40.9 Å². The zero-order valence-electron chi connectivity index (χ0n) is 25.6. The van der Waals surface area contributed by atoms with Gasteiger partial charge in [0.2, 0.25) is 0 Å². The second kappa shape index (κ2) is 20.4. The summed E-state index contributed by atoms with van der Waals surface area (Å²) in [6, 6.07) is 11.4. The smallest absolute Gasteiger partial charge is 0.353 e. The van der Waals surface area contributed by atoms with Gasteiger partial charge in [-0.2, -0.15) is 0 Å². The summed E-state index contributed by atoms with van der Waals surface area (Å²) in [4.78, 5) is 14.6. The van der Waals surface area contributed by atoms with E-state index < -0.39 is 0 Å². The third-order valence-corrected chi connectivity index (χ3v) is 8.92. The second-order valence-corrected chi connectivity index (χ2v) is 12.5. The topological polar surface area (TPSA) is 65.2 Å². The first-order valence-electron chi connectivity index (χ1n) is 16.4. The standard InChI is InChI=1S/C35H52N2O3S/c1-3-5-7-9-11-13-14-15-17-19-21-31-27-28-33(41-31)35(38)39-30-25-23-29(24-26-30)34-32(40-37-36-34)22-20-18-16-12-10-8-6-4-2/h23-28H,3-22H2,1-2H3. The van der Waals surface area contributed by atoms with E-state index >= 15 is 0 Å². The second-order valence-electron chi connectivity index (χ2n) is 11.4. The Hall–Kier alpha value is -2.47. The average Bonchev–Trinajstić information content (AvgIpc) is 3.66. The van der Waals surface area contributed by atoms with Crippen LogP contribution < -0.4 is 4.74 Å². The van der Waals surface area contributed by atoms with Gasteiger partial charge in [0.05, 0.1) is 0 Å². The fourth-order valence-corrected chi connectivity index (χ4v) is 6.18. The van der Waals surface area contributed by atoms with Gasteiger partial charge in [0, 0.05) is 22.1 Å². The predicted octanol–water partition coefficient (Wildman–Crippen LogP) is 11.2. The summed E-state index contributed by atoms with van der Waals surface area (Å²) < 4.78 is 11.1. The Bertz CT molecular complexity index is 1090. The molecule has 0 spiro atoms. The molecule has 0 aliphatic rings. The Balaban J connectivity index is 1.34. The summed E-state index contributed by atoms with van der Waals surface area (Å²) in [5.74, 6) is 1.06. The molecule has 2 heterocycles. The number of aromatic nitrogens is 2. The Morgan fingerprint density at radius 1 is 0.683 bits per heavy atom. The SMILES string of the molecule is CCCCCCCCCCCCc1ccc(C(=O)Oc2ccc(-c3nnoc3CCCCCCCCCC)cc2)s1. The predicted molar refractivity (Wildman–Crippen MR) is 171 cm³/mol. The highest BCUT2D eigenvalue weighted by Crippen LogP contribution is 2.27. The molecule has 0 aliphatic heterocycles. The van der Waals surface area contributed by atoms with Crippen molar-refractivity contribution in [2.24, 2.45) is 0 Å². The lowest BCUT2D eigenvalue weighted by Crippen LogP contribution is -2.06. The summed E-state index contributed by atoms with van der Waals surface area (Å²) >= 11 is 1.55. The molecule has 226 valence electrons. The summed E-state index contributed by atoms with van der Waals surface area (Å²) in [5.41, 5.74) is 1.70. The molecule has 0 unspecified atom stereocenters. The number of carbonyl (C=O) groups is 1. The molecule has 3 aromatic rings. The van der Waals surface area contributed by atoms with E-state index in [0.717, 1.165) is 36.3 Å². The molecular weight excluding hydrogens is 528 g/mol. The maximum absolute atomic E-state index is 12.7. The number of unbranched alkanes of at least 4 members (excludes halogenated alkanes) is 16. The molecule has 1 aromatic carbocycles. The Morgan fingerprint density at radius 2 is 1.22 bits per heavy atom. The minimum absolute atomic E-state index is 0.296. The number of aryl methyl sites for hydroxylation is 2. The maximum Gasteiger partial charge on any atom is 0.353 e. The molecule has 41 heavy (non-hydrogen) atoms. The van der Waals surface area contributed by atoms with Gasteiger partial charge in [-0.15, -0.1) is 16.4 Å². The molecule has 0 saturated carbocycles. The van der Waals surface area contributed by atoms with E-state index in [4.69, 9.17) is 9.26 Å². The lowest BCUT2D eigenvalue weighted by atomic mass is 10.0. The highest BCUT2D eigenvalue weighted by atomic mass is 32.1. The maximum atomic E-state index is 12.7. The van der Waals surface area contributed by atoms with Crippen molar-refractivity contribution in [2.45, 2.75) is 142 Å². The van der Waals surface area contributed by atoms with Crippen molar-refractivity contribution < 1.29 is 14.1 Å². The van der Waals surface area contributed by atoms with Crippen LogP contribution in [-0.4, -0.2) is 16.3 Å². The molecule has 0 amide bonds. The molecule has 3 rings (SSSR count). The molecule has 0 atom stereocenters. The van der Waals surface area contributed by atoms with Gasteiger partial charge in [0.15, 0.2) is 5.76 Å². The van der Waals surface area contributed by atoms with Crippen LogP contribution in [0, 0.1) is 0 Å². The van der Waals surface area contributed by atoms with Gasteiger partial charge < -0.3 is 9.26 Å². The van der Waals surface area contributed by atoms with Crippen LogP contribution >= 0.6 is 11.3 Å². The van der Waals surface area contributed by atoms with Crippen LogP contribution in [-0.2, 0) is 12.8 Å². The molecule has 6 heteroatoms. The number of carbonyl (C=O) groups excluding carboxylic acids is 1. The van der Waals surface area contributed by atoms with Crippen LogP contribution in [0.2, 0.25) is 0 Å². The lowest BCUT2D eigenvalue weighted by Gasteiger charge is -2.05. The molecule has 0 N–H and O–H groups in total. The highest BCUT2D eigenvalue weighted by molar-refractivity contribution is 7.13. The van der Waals surface area contributed by atoms with Gasteiger partial charge in [0.1, 0.15) is 16.3 Å². The van der Waals surface area contributed by atoms with E-state index in [1.807, 2.05) is 30.3 Å². The summed E-state index contributed by atoms with van der Waals surface area (Å²) in [6.07, 6.45) is 25.4. The normalized spacial score (nSPS) is 11.3. The van der Waals surface area contributed by atoms with Crippen molar-refractivity contribution in [1.29, 1.82) is 0 Å². The van der Waals surface area contributed by atoms with Crippen LogP contribution in [0.5, 0.6) is 5.75 Å². The quantitative estimate of drug-likeness (QED) is 0.0634. The zero-order chi connectivity index (χ0) is 29.0. The monoisotopic (exact) mass is 580 g/mol. The van der Waals surface area contributed by atoms with Crippen LogP contribution in [0.3, 0.4) is 0 Å². The van der Waals surface area contributed by atoms with E-state index in [1.165, 1.54) is 114 Å². The summed E-state index contributed by atoms with van der Waals surface area (Å²) in [5, 5.41) is 8.02. The first-order valence-corrected chi connectivity index (χ1v) is 17.3. The van der Waals surface area contributed by atoms with Gasteiger partial charge in [-0.25, -0.2) is 4.79 Å².